The van der Waals surface area contributed by atoms with E-state index in [0.717, 1.165) is 0 Å². The summed E-state index contributed by atoms with van der Waals surface area (Å²) < 4.78 is 5.07. The second-order valence-corrected chi connectivity index (χ2v) is 4.57. The maximum Gasteiger partial charge on any atom is 0.337 e. The molecule has 2 rings (SSSR count). The van der Waals surface area contributed by atoms with Gasteiger partial charge >= 0.3 is 5.97 Å². The second-order valence-electron chi connectivity index (χ2n) is 4.57. The number of benzene rings is 2. The van der Waals surface area contributed by atoms with Gasteiger partial charge in [0.2, 0.25) is 5.91 Å². The molecular formula is C17H15NO5. The molecule has 3 N–H and O–H groups in total. The molecule has 0 saturated heterocycles. The largest absolute Gasteiger partial charge is 0.504 e. The van der Waals surface area contributed by atoms with E-state index < -0.39 is 11.9 Å². The highest BCUT2D eigenvalue weighted by molar-refractivity contribution is 6.06. The number of carbonyl (C=O) groups is 2. The lowest BCUT2D eigenvalue weighted by atomic mass is 10.1. The highest BCUT2D eigenvalue weighted by atomic mass is 16.5. The summed E-state index contributed by atoms with van der Waals surface area (Å²) in [4.78, 5) is 23.0. The molecule has 0 heterocycles. The van der Waals surface area contributed by atoms with Crippen molar-refractivity contribution in [1.29, 1.82) is 0 Å². The molecule has 6 heteroatoms. The zero-order valence-corrected chi connectivity index (χ0v) is 12.3. The summed E-state index contributed by atoms with van der Waals surface area (Å²) in [5.74, 6) is -1.41. The minimum atomic E-state index is -1.13. The first-order valence-corrected chi connectivity index (χ1v) is 6.70. The van der Waals surface area contributed by atoms with E-state index in [1.807, 2.05) is 0 Å². The SMILES string of the molecule is COc1c(O)cccc1C=CC(=O)Nc1ccccc1C(=O)O. The van der Waals surface area contributed by atoms with Gasteiger partial charge in [-0.2, -0.15) is 0 Å². The molecule has 1 amide bonds. The lowest BCUT2D eigenvalue weighted by molar-refractivity contribution is -0.111. The monoisotopic (exact) mass is 313 g/mol. The van der Waals surface area contributed by atoms with Crippen molar-refractivity contribution in [3.8, 4) is 11.5 Å². The minimum absolute atomic E-state index is 0.00388. The van der Waals surface area contributed by atoms with Gasteiger partial charge in [0.25, 0.3) is 0 Å². The van der Waals surface area contributed by atoms with E-state index in [2.05, 4.69) is 5.32 Å². The fourth-order valence-corrected chi connectivity index (χ4v) is 2.01. The molecule has 0 aromatic heterocycles. The van der Waals surface area contributed by atoms with Crippen LogP contribution in [0.2, 0.25) is 0 Å². The Morgan fingerprint density at radius 2 is 1.87 bits per heavy atom. The molecule has 0 unspecified atom stereocenters. The number of anilines is 1. The van der Waals surface area contributed by atoms with Crippen LogP contribution in [0.3, 0.4) is 0 Å². The van der Waals surface area contributed by atoms with E-state index in [9.17, 15) is 14.7 Å². The number of rotatable bonds is 5. The number of hydrogen-bond donors (Lipinski definition) is 3. The van der Waals surface area contributed by atoms with Crippen molar-refractivity contribution >= 4 is 23.6 Å². The molecule has 0 atom stereocenters. The first-order chi connectivity index (χ1) is 11.0. The van der Waals surface area contributed by atoms with Crippen molar-refractivity contribution in [3.05, 3.63) is 59.7 Å². The Kier molecular flexibility index (Phi) is 4.99. The van der Waals surface area contributed by atoms with Crippen LogP contribution < -0.4 is 10.1 Å². The van der Waals surface area contributed by atoms with Gasteiger partial charge in [0, 0.05) is 11.6 Å². The molecule has 2 aromatic carbocycles. The Morgan fingerprint density at radius 3 is 2.57 bits per heavy atom. The van der Waals surface area contributed by atoms with E-state index in [1.54, 1.807) is 24.3 Å². The predicted octanol–water partition coefficient (Wildman–Crippen LogP) is 2.75. The number of para-hydroxylation sites is 2. The van der Waals surface area contributed by atoms with Crippen LogP contribution in [0.15, 0.2) is 48.5 Å². The average Bonchev–Trinajstić information content (AvgIpc) is 2.53. The average molecular weight is 313 g/mol. The van der Waals surface area contributed by atoms with Crippen molar-refractivity contribution in [2.24, 2.45) is 0 Å². The molecule has 0 saturated carbocycles. The number of carboxylic acid groups (broad SMARTS) is 1. The standard InChI is InChI=1S/C17H15NO5/c1-23-16-11(5-4-8-14(16)19)9-10-15(20)18-13-7-3-2-6-12(13)17(21)22/h2-10,19H,1H3,(H,18,20)(H,21,22). The Hall–Kier alpha value is -3.28. The molecule has 0 fully saturated rings. The Labute approximate surface area is 132 Å². The maximum atomic E-state index is 12.0. The number of phenols is 1. The van der Waals surface area contributed by atoms with Gasteiger partial charge in [-0.1, -0.05) is 24.3 Å². The van der Waals surface area contributed by atoms with Crippen LogP contribution in [0.25, 0.3) is 6.08 Å². The third-order valence-electron chi connectivity index (χ3n) is 3.06. The summed E-state index contributed by atoms with van der Waals surface area (Å²) >= 11 is 0. The number of carboxylic acids is 1. The highest BCUT2D eigenvalue weighted by Gasteiger charge is 2.10. The predicted molar refractivity (Wildman–Crippen MR) is 85.7 cm³/mol. The molecule has 0 radical (unpaired) electrons. The number of hydrogen-bond acceptors (Lipinski definition) is 4. The fraction of sp³-hybridized carbons (Fsp3) is 0.0588. The van der Waals surface area contributed by atoms with Gasteiger partial charge in [-0.05, 0) is 24.3 Å². The van der Waals surface area contributed by atoms with Crippen molar-refractivity contribution in [2.45, 2.75) is 0 Å². The van der Waals surface area contributed by atoms with Gasteiger partial charge in [-0.3, -0.25) is 4.79 Å². The van der Waals surface area contributed by atoms with Crippen LogP contribution in [-0.4, -0.2) is 29.2 Å². The first kappa shape index (κ1) is 16.1. The number of ether oxygens (including phenoxy) is 1. The van der Waals surface area contributed by atoms with Gasteiger partial charge in [-0.25, -0.2) is 4.79 Å². The maximum absolute atomic E-state index is 12.0. The molecule has 118 valence electrons. The van der Waals surface area contributed by atoms with E-state index >= 15 is 0 Å². The van der Waals surface area contributed by atoms with Gasteiger partial charge in [0.05, 0.1) is 18.4 Å². The number of nitrogens with one attached hydrogen (secondary N) is 1. The number of amides is 1. The summed E-state index contributed by atoms with van der Waals surface area (Å²) in [6.07, 6.45) is 2.70. The smallest absolute Gasteiger partial charge is 0.337 e. The minimum Gasteiger partial charge on any atom is -0.504 e. The van der Waals surface area contributed by atoms with Crippen LogP contribution in [-0.2, 0) is 4.79 Å². The number of aromatic hydroxyl groups is 1. The van der Waals surface area contributed by atoms with E-state index in [1.165, 1.54) is 37.5 Å². The Morgan fingerprint density at radius 1 is 1.13 bits per heavy atom. The van der Waals surface area contributed by atoms with Gasteiger partial charge in [0.15, 0.2) is 11.5 Å². The van der Waals surface area contributed by atoms with E-state index in [-0.39, 0.29) is 22.7 Å². The lowest BCUT2D eigenvalue weighted by Crippen LogP contribution is -2.11. The molecule has 2 aromatic rings. The van der Waals surface area contributed by atoms with Gasteiger partial charge < -0.3 is 20.3 Å². The molecule has 6 nitrogen and oxygen atoms in total. The van der Waals surface area contributed by atoms with Gasteiger partial charge in [0.1, 0.15) is 0 Å². The molecule has 23 heavy (non-hydrogen) atoms. The topological polar surface area (TPSA) is 95.9 Å². The third-order valence-corrected chi connectivity index (χ3v) is 3.06. The van der Waals surface area contributed by atoms with Crippen molar-refractivity contribution in [3.63, 3.8) is 0 Å². The second kappa shape index (κ2) is 7.13. The zero-order chi connectivity index (χ0) is 16.8. The Balaban J connectivity index is 2.18. The van der Waals surface area contributed by atoms with E-state index in [0.29, 0.717) is 5.56 Å². The summed E-state index contributed by atoms with van der Waals surface area (Å²) in [6, 6.07) is 10.9. The molecule has 0 aliphatic heterocycles. The normalized spacial score (nSPS) is 10.5. The van der Waals surface area contributed by atoms with Gasteiger partial charge in [-0.15, -0.1) is 0 Å². The van der Waals surface area contributed by atoms with Crippen LogP contribution in [0.4, 0.5) is 5.69 Å². The summed E-state index contributed by atoms with van der Waals surface area (Å²) in [7, 11) is 1.41. The zero-order valence-electron chi connectivity index (χ0n) is 12.3. The summed E-state index contributed by atoms with van der Waals surface area (Å²) in [6.45, 7) is 0. The Bertz CT molecular complexity index is 767. The third kappa shape index (κ3) is 3.88. The fourth-order valence-electron chi connectivity index (χ4n) is 2.01. The van der Waals surface area contributed by atoms with Crippen molar-refractivity contribution in [1.82, 2.24) is 0 Å². The van der Waals surface area contributed by atoms with Crippen LogP contribution in [0.5, 0.6) is 11.5 Å². The molecule has 0 aliphatic carbocycles. The molecular weight excluding hydrogens is 298 g/mol. The highest BCUT2D eigenvalue weighted by Crippen LogP contribution is 2.30. The number of carbonyl (C=O) groups excluding carboxylic acids is 1. The van der Waals surface area contributed by atoms with E-state index in [4.69, 9.17) is 9.84 Å². The number of phenolic OH excluding ortho intramolecular Hbond substituents is 1. The lowest BCUT2D eigenvalue weighted by Gasteiger charge is -2.07. The first-order valence-electron chi connectivity index (χ1n) is 6.70. The van der Waals surface area contributed by atoms with Crippen LogP contribution in [0, 0.1) is 0 Å². The number of methoxy groups -OCH3 is 1. The quantitative estimate of drug-likeness (QED) is 0.738. The summed E-state index contributed by atoms with van der Waals surface area (Å²) in [5, 5.41) is 21.2. The van der Waals surface area contributed by atoms with Crippen molar-refractivity contribution < 1.29 is 24.5 Å². The summed E-state index contributed by atoms with van der Waals surface area (Å²) in [5.41, 5.74) is 0.732. The van der Waals surface area contributed by atoms with Crippen LogP contribution in [0.1, 0.15) is 15.9 Å². The molecule has 0 aliphatic rings. The molecule has 0 spiro atoms. The molecule has 0 bridgehead atoms. The van der Waals surface area contributed by atoms with Crippen molar-refractivity contribution in [2.75, 3.05) is 12.4 Å². The van der Waals surface area contributed by atoms with Crippen LogP contribution >= 0.6 is 0 Å². The number of aromatic carboxylic acids is 1.